The second-order valence-corrected chi connectivity index (χ2v) is 7.89. The summed E-state index contributed by atoms with van der Waals surface area (Å²) in [6.45, 7) is 7.74. The fraction of sp³-hybridized carbons (Fsp3) is 0.429. The zero-order valence-corrected chi connectivity index (χ0v) is 17.4. The van der Waals surface area contributed by atoms with Crippen molar-refractivity contribution in [2.45, 2.75) is 39.7 Å². The number of nitrogens with one attached hydrogen (secondary N) is 3. The van der Waals surface area contributed by atoms with Gasteiger partial charge in [-0.2, -0.15) is 11.3 Å². The van der Waals surface area contributed by atoms with Gasteiger partial charge < -0.3 is 16.0 Å². The number of benzene rings is 1. The van der Waals surface area contributed by atoms with Crippen LogP contribution >= 0.6 is 11.3 Å². The lowest BCUT2D eigenvalue weighted by molar-refractivity contribution is -0.116. The Morgan fingerprint density at radius 3 is 2.67 bits per heavy atom. The van der Waals surface area contributed by atoms with Crippen molar-refractivity contribution < 1.29 is 4.79 Å². The van der Waals surface area contributed by atoms with Gasteiger partial charge in [0.25, 0.3) is 0 Å². The molecule has 0 aliphatic carbocycles. The van der Waals surface area contributed by atoms with Crippen molar-refractivity contribution in [3.63, 3.8) is 0 Å². The minimum atomic E-state index is 0.0509. The lowest BCUT2D eigenvalue weighted by Crippen LogP contribution is -2.38. The van der Waals surface area contributed by atoms with Gasteiger partial charge in [-0.05, 0) is 51.9 Å². The molecule has 5 nitrogen and oxygen atoms in total. The van der Waals surface area contributed by atoms with Gasteiger partial charge in [0.05, 0.1) is 0 Å². The molecule has 0 aliphatic heterocycles. The molecule has 0 fully saturated rings. The van der Waals surface area contributed by atoms with E-state index in [9.17, 15) is 4.79 Å². The van der Waals surface area contributed by atoms with Crippen LogP contribution in [0.3, 0.4) is 0 Å². The van der Waals surface area contributed by atoms with Crippen molar-refractivity contribution in [2.24, 2.45) is 10.9 Å². The van der Waals surface area contributed by atoms with Gasteiger partial charge in [-0.1, -0.05) is 32.9 Å². The Kier molecular flexibility index (Phi) is 8.33. The molecule has 1 aromatic carbocycles. The number of aliphatic imine (C=N–C) groups is 1. The van der Waals surface area contributed by atoms with Crippen LogP contribution in [-0.4, -0.2) is 25.5 Å². The van der Waals surface area contributed by atoms with Crippen LogP contribution < -0.4 is 16.0 Å². The highest BCUT2D eigenvalue weighted by atomic mass is 32.1. The molecule has 0 aliphatic rings. The molecule has 27 heavy (non-hydrogen) atoms. The van der Waals surface area contributed by atoms with E-state index in [0.717, 1.165) is 23.8 Å². The molecule has 2 rings (SSSR count). The third kappa shape index (κ3) is 7.43. The number of guanidine groups is 1. The van der Waals surface area contributed by atoms with Crippen molar-refractivity contribution >= 4 is 28.9 Å². The van der Waals surface area contributed by atoms with Crippen LogP contribution in [0, 0.1) is 5.92 Å². The largest absolute Gasteiger partial charge is 0.356 e. The monoisotopic (exact) mass is 386 g/mol. The van der Waals surface area contributed by atoms with Crippen LogP contribution in [0.1, 0.15) is 44.2 Å². The quantitative estimate of drug-likeness (QED) is 0.470. The molecule has 2 aromatic rings. The fourth-order valence-corrected chi connectivity index (χ4v) is 3.45. The molecule has 3 N–H and O–H groups in total. The van der Waals surface area contributed by atoms with Crippen molar-refractivity contribution in [1.29, 1.82) is 0 Å². The first kappa shape index (κ1) is 21.0. The summed E-state index contributed by atoms with van der Waals surface area (Å²) in [5.41, 5.74) is 3.26. The minimum Gasteiger partial charge on any atom is -0.356 e. The van der Waals surface area contributed by atoms with Crippen LogP contribution in [0.2, 0.25) is 0 Å². The Labute approximate surface area is 166 Å². The van der Waals surface area contributed by atoms with E-state index in [-0.39, 0.29) is 5.91 Å². The summed E-state index contributed by atoms with van der Waals surface area (Å²) in [4.78, 5) is 16.2. The highest BCUT2D eigenvalue weighted by Gasteiger charge is 2.08. The van der Waals surface area contributed by atoms with Crippen molar-refractivity contribution in [3.05, 3.63) is 52.2 Å². The number of hydrogen-bond donors (Lipinski definition) is 3. The van der Waals surface area contributed by atoms with Gasteiger partial charge in [0.15, 0.2) is 5.96 Å². The lowest BCUT2D eigenvalue weighted by atomic mass is 10.1. The van der Waals surface area contributed by atoms with Crippen molar-refractivity contribution in [1.82, 2.24) is 10.6 Å². The summed E-state index contributed by atoms with van der Waals surface area (Å²) in [7, 11) is 1.77. The zero-order chi connectivity index (χ0) is 19.6. The third-order valence-electron chi connectivity index (χ3n) is 4.18. The topological polar surface area (TPSA) is 65.5 Å². The molecule has 146 valence electrons. The molecule has 1 aromatic heterocycles. The van der Waals surface area contributed by atoms with E-state index in [1.807, 2.05) is 38.1 Å². The van der Waals surface area contributed by atoms with Gasteiger partial charge in [-0.15, -0.1) is 0 Å². The number of carbonyl (C=O) groups excluding carboxylic acids is 1. The Hall–Kier alpha value is -2.34. The Morgan fingerprint density at radius 2 is 2.00 bits per heavy atom. The fourth-order valence-electron chi connectivity index (χ4n) is 2.67. The second kappa shape index (κ2) is 10.7. The van der Waals surface area contributed by atoms with E-state index in [0.29, 0.717) is 24.8 Å². The molecule has 0 saturated heterocycles. The maximum absolute atomic E-state index is 11.9. The molecule has 0 bridgehead atoms. The van der Waals surface area contributed by atoms with E-state index in [2.05, 4.69) is 44.7 Å². The molecule has 1 heterocycles. The summed E-state index contributed by atoms with van der Waals surface area (Å²) in [5.74, 6) is 1.59. The molecule has 1 amide bonds. The predicted molar refractivity (Wildman–Crippen MR) is 115 cm³/mol. The van der Waals surface area contributed by atoms with E-state index in [1.165, 1.54) is 5.56 Å². The van der Waals surface area contributed by atoms with Gasteiger partial charge in [-0.3, -0.25) is 9.79 Å². The maximum atomic E-state index is 11.9. The second-order valence-electron chi connectivity index (χ2n) is 7.11. The molecule has 6 heteroatoms. The molecular formula is C21H30N4OS. The van der Waals surface area contributed by atoms with Crippen LogP contribution in [0.4, 0.5) is 5.69 Å². The van der Waals surface area contributed by atoms with Crippen molar-refractivity contribution in [3.8, 4) is 0 Å². The van der Waals surface area contributed by atoms with Gasteiger partial charge >= 0.3 is 0 Å². The zero-order valence-electron chi connectivity index (χ0n) is 16.6. The van der Waals surface area contributed by atoms with Crippen LogP contribution in [-0.2, 0) is 11.3 Å². The number of nitrogens with zero attached hydrogens (tertiary/aromatic N) is 1. The van der Waals surface area contributed by atoms with Crippen molar-refractivity contribution in [2.75, 3.05) is 18.9 Å². The summed E-state index contributed by atoms with van der Waals surface area (Å²) >= 11 is 1.72. The van der Waals surface area contributed by atoms with Gasteiger partial charge in [0, 0.05) is 32.2 Å². The normalized spacial score (nSPS) is 12.7. The first-order valence-electron chi connectivity index (χ1n) is 9.33. The van der Waals surface area contributed by atoms with Crippen LogP contribution in [0.5, 0.6) is 0 Å². The third-order valence-corrected chi connectivity index (χ3v) is 4.88. The van der Waals surface area contributed by atoms with E-state index in [4.69, 9.17) is 0 Å². The average Bonchev–Trinajstić information content (AvgIpc) is 3.16. The number of amides is 1. The number of hydrogen-bond acceptors (Lipinski definition) is 3. The Balaban J connectivity index is 1.83. The smallest absolute Gasteiger partial charge is 0.224 e. The summed E-state index contributed by atoms with van der Waals surface area (Å²) in [5, 5.41) is 13.9. The number of anilines is 1. The molecular weight excluding hydrogens is 356 g/mol. The number of rotatable bonds is 8. The average molecular weight is 387 g/mol. The first-order chi connectivity index (χ1) is 13.0. The van der Waals surface area contributed by atoms with E-state index >= 15 is 0 Å². The van der Waals surface area contributed by atoms with Gasteiger partial charge in [0.2, 0.25) is 5.91 Å². The highest BCUT2D eigenvalue weighted by Crippen LogP contribution is 2.17. The maximum Gasteiger partial charge on any atom is 0.224 e. The summed E-state index contributed by atoms with van der Waals surface area (Å²) in [6, 6.07) is 10.1. The first-order valence-corrected chi connectivity index (χ1v) is 10.3. The van der Waals surface area contributed by atoms with E-state index in [1.54, 1.807) is 18.4 Å². The number of carbonyl (C=O) groups is 1. The lowest BCUT2D eigenvalue weighted by Gasteiger charge is -2.16. The highest BCUT2D eigenvalue weighted by molar-refractivity contribution is 7.07. The number of thiophene rings is 1. The summed E-state index contributed by atoms with van der Waals surface area (Å²) < 4.78 is 0. The minimum absolute atomic E-state index is 0.0509. The van der Waals surface area contributed by atoms with Crippen LogP contribution in [0.25, 0.3) is 0 Å². The van der Waals surface area contributed by atoms with Gasteiger partial charge in [0.1, 0.15) is 0 Å². The molecule has 0 spiro atoms. The summed E-state index contributed by atoms with van der Waals surface area (Å²) in [6.07, 6.45) is 0.529. The predicted octanol–water partition coefficient (Wildman–Crippen LogP) is 4.20. The standard InChI is InChI=1S/C21H30N4OS/c1-15(2)10-20(26)25-19-7-5-6-17(11-19)13-24-21(22-4)23-12-16(3)18-8-9-27-14-18/h5-9,11,14-16H,10,12-13H2,1-4H3,(H,25,26)(H2,22,23,24). The SMILES string of the molecule is CN=C(NCc1cccc(NC(=O)CC(C)C)c1)NCC(C)c1ccsc1. The molecule has 1 unspecified atom stereocenters. The van der Waals surface area contributed by atoms with Gasteiger partial charge in [-0.25, -0.2) is 0 Å². The molecule has 0 saturated carbocycles. The molecule has 1 atom stereocenters. The Bertz CT molecular complexity index is 740. The van der Waals surface area contributed by atoms with Crippen LogP contribution in [0.15, 0.2) is 46.1 Å². The van der Waals surface area contributed by atoms with E-state index < -0.39 is 0 Å². The molecule has 0 radical (unpaired) electrons. The Morgan fingerprint density at radius 1 is 1.19 bits per heavy atom.